The van der Waals surface area contributed by atoms with E-state index in [-0.39, 0.29) is 10.7 Å². The second kappa shape index (κ2) is 5.55. The number of carbonyl (C=O) groups excluding carboxylic acids is 1. The van der Waals surface area contributed by atoms with Crippen molar-refractivity contribution in [2.45, 2.75) is 24.3 Å². The average molecular weight is 317 g/mol. The Kier molecular flexibility index (Phi) is 4.34. The van der Waals surface area contributed by atoms with E-state index in [1.54, 1.807) is 0 Å². The van der Waals surface area contributed by atoms with E-state index in [1.807, 2.05) is 13.8 Å². The normalized spacial score (nSPS) is 18.1. The molecule has 1 aliphatic rings. The summed E-state index contributed by atoms with van der Waals surface area (Å²) in [7, 11) is -3.26. The summed E-state index contributed by atoms with van der Waals surface area (Å²) in [6.07, 6.45) is 1.15. The monoisotopic (exact) mass is 317 g/mol. The molecular formula is C13H19NO4S2. The Morgan fingerprint density at radius 2 is 1.95 bits per heavy atom. The van der Waals surface area contributed by atoms with Crippen molar-refractivity contribution in [3.05, 3.63) is 16.3 Å². The van der Waals surface area contributed by atoms with Crippen molar-refractivity contribution in [2.24, 2.45) is 0 Å². The summed E-state index contributed by atoms with van der Waals surface area (Å²) in [6.45, 7) is 6.42. The van der Waals surface area contributed by atoms with Gasteiger partial charge in [0.15, 0.2) is 15.6 Å². The molecule has 7 heteroatoms. The minimum Gasteiger partial charge on any atom is -0.379 e. The van der Waals surface area contributed by atoms with E-state index < -0.39 is 15.4 Å². The van der Waals surface area contributed by atoms with Crippen molar-refractivity contribution >= 4 is 27.0 Å². The Morgan fingerprint density at radius 1 is 1.35 bits per heavy atom. The number of thiophene rings is 1. The first-order valence-corrected chi connectivity index (χ1v) is 9.16. The van der Waals surface area contributed by atoms with Crippen molar-refractivity contribution in [1.82, 2.24) is 4.90 Å². The summed E-state index contributed by atoms with van der Waals surface area (Å²) < 4.78 is 28.3. The number of hydrogen-bond acceptors (Lipinski definition) is 6. The van der Waals surface area contributed by atoms with Gasteiger partial charge in [0.25, 0.3) is 0 Å². The fourth-order valence-corrected chi connectivity index (χ4v) is 4.31. The highest BCUT2D eigenvalue weighted by Crippen LogP contribution is 2.27. The number of morpholine rings is 1. The van der Waals surface area contributed by atoms with Gasteiger partial charge in [0.2, 0.25) is 0 Å². The molecule has 0 saturated carbocycles. The summed E-state index contributed by atoms with van der Waals surface area (Å²) in [4.78, 5) is 15.4. The van der Waals surface area contributed by atoms with Gasteiger partial charge in [-0.05, 0) is 19.9 Å². The summed E-state index contributed by atoms with van der Waals surface area (Å²) in [6, 6.07) is 1.48. The molecule has 2 heterocycles. The zero-order chi connectivity index (χ0) is 15.0. The minimum atomic E-state index is -3.26. The van der Waals surface area contributed by atoms with Crippen LogP contribution in [-0.2, 0) is 14.6 Å². The van der Waals surface area contributed by atoms with E-state index in [1.165, 1.54) is 22.8 Å². The molecule has 112 valence electrons. The number of ether oxygens (including phenoxy) is 1. The first kappa shape index (κ1) is 15.6. The Labute approximate surface area is 123 Å². The highest BCUT2D eigenvalue weighted by atomic mass is 32.2. The summed E-state index contributed by atoms with van der Waals surface area (Å²) in [5.74, 6) is -0.0423. The second-order valence-corrected chi connectivity index (χ2v) is 8.33. The lowest BCUT2D eigenvalue weighted by Gasteiger charge is -2.39. The van der Waals surface area contributed by atoms with E-state index in [4.69, 9.17) is 4.74 Å². The molecule has 1 saturated heterocycles. The predicted molar refractivity (Wildman–Crippen MR) is 78.2 cm³/mol. The summed E-state index contributed by atoms with van der Waals surface area (Å²) in [5.41, 5.74) is -0.649. The fraction of sp³-hybridized carbons (Fsp3) is 0.615. The third-order valence-electron chi connectivity index (χ3n) is 3.58. The Hall–Kier alpha value is -0.760. The van der Waals surface area contributed by atoms with Crippen LogP contribution < -0.4 is 0 Å². The molecule has 0 bridgehead atoms. The Morgan fingerprint density at radius 3 is 2.45 bits per heavy atom. The molecule has 0 N–H and O–H groups in total. The third kappa shape index (κ3) is 3.11. The quantitative estimate of drug-likeness (QED) is 0.786. The zero-order valence-electron chi connectivity index (χ0n) is 11.9. The number of sulfone groups is 1. The molecule has 0 amide bonds. The minimum absolute atomic E-state index is 0.0423. The van der Waals surface area contributed by atoms with Gasteiger partial charge >= 0.3 is 0 Å². The van der Waals surface area contributed by atoms with Crippen LogP contribution in [0.3, 0.4) is 0 Å². The van der Waals surface area contributed by atoms with Gasteiger partial charge in [0.1, 0.15) is 0 Å². The number of Topliss-reactive ketones (excluding diaryl/α,β-unsaturated/α-hetero) is 1. The largest absolute Gasteiger partial charge is 0.379 e. The number of ketones is 1. The molecule has 1 aromatic heterocycles. The lowest BCUT2D eigenvalue weighted by atomic mass is 9.95. The van der Waals surface area contributed by atoms with E-state index in [2.05, 4.69) is 4.90 Å². The maximum Gasteiger partial charge on any atom is 0.192 e. The van der Waals surface area contributed by atoms with E-state index >= 15 is 0 Å². The molecule has 0 unspecified atom stereocenters. The number of rotatable bonds is 4. The maximum atomic E-state index is 12.6. The van der Waals surface area contributed by atoms with E-state index in [0.29, 0.717) is 31.2 Å². The summed E-state index contributed by atoms with van der Waals surface area (Å²) in [5, 5.41) is 1.53. The van der Waals surface area contributed by atoms with Gasteiger partial charge in [-0.1, -0.05) is 0 Å². The highest BCUT2D eigenvalue weighted by Gasteiger charge is 2.36. The lowest BCUT2D eigenvalue weighted by molar-refractivity contribution is -0.00415. The predicted octanol–water partition coefficient (Wildman–Crippen LogP) is 1.45. The molecule has 5 nitrogen and oxygen atoms in total. The van der Waals surface area contributed by atoms with Crippen LogP contribution in [0.15, 0.2) is 16.3 Å². The van der Waals surface area contributed by atoms with Gasteiger partial charge in [0.05, 0.1) is 28.5 Å². The second-order valence-electron chi connectivity index (χ2n) is 5.41. The van der Waals surface area contributed by atoms with Gasteiger partial charge in [0, 0.05) is 24.7 Å². The number of nitrogens with zero attached hydrogens (tertiary/aromatic N) is 1. The molecular weight excluding hydrogens is 298 g/mol. The SMILES string of the molecule is CC(C)(C(=O)c1cc(S(C)(=O)=O)cs1)N1CCOCC1. The van der Waals surface area contributed by atoms with Crippen LogP contribution in [0.4, 0.5) is 0 Å². The van der Waals surface area contributed by atoms with Crippen LogP contribution in [-0.4, -0.2) is 57.2 Å². The molecule has 0 atom stereocenters. The van der Waals surface area contributed by atoms with Crippen molar-refractivity contribution < 1.29 is 17.9 Å². The molecule has 0 spiro atoms. The lowest BCUT2D eigenvalue weighted by Crippen LogP contribution is -2.54. The Bertz CT molecular complexity index is 598. The molecule has 1 aliphatic heterocycles. The smallest absolute Gasteiger partial charge is 0.192 e. The Balaban J connectivity index is 2.23. The molecule has 0 radical (unpaired) electrons. The highest BCUT2D eigenvalue weighted by molar-refractivity contribution is 7.90. The van der Waals surface area contributed by atoms with Gasteiger partial charge in [-0.2, -0.15) is 0 Å². The van der Waals surface area contributed by atoms with Crippen LogP contribution >= 0.6 is 11.3 Å². The molecule has 2 rings (SSSR count). The maximum absolute atomic E-state index is 12.6. The molecule has 1 aromatic rings. The van der Waals surface area contributed by atoms with Crippen molar-refractivity contribution in [3.63, 3.8) is 0 Å². The van der Waals surface area contributed by atoms with Gasteiger partial charge < -0.3 is 4.74 Å². The van der Waals surface area contributed by atoms with Gasteiger partial charge in [-0.3, -0.25) is 9.69 Å². The average Bonchev–Trinajstić information content (AvgIpc) is 2.88. The number of hydrogen-bond donors (Lipinski definition) is 0. The van der Waals surface area contributed by atoms with E-state index in [9.17, 15) is 13.2 Å². The third-order valence-corrected chi connectivity index (χ3v) is 5.75. The van der Waals surface area contributed by atoms with Crippen molar-refractivity contribution in [3.8, 4) is 0 Å². The molecule has 20 heavy (non-hydrogen) atoms. The standard InChI is InChI=1S/C13H19NO4S2/c1-13(2,14-4-6-18-7-5-14)12(15)11-8-10(9-19-11)20(3,16)17/h8-9H,4-7H2,1-3H3. The van der Waals surface area contributed by atoms with Crippen molar-refractivity contribution in [1.29, 1.82) is 0 Å². The van der Waals surface area contributed by atoms with Crippen LogP contribution in [0.1, 0.15) is 23.5 Å². The topological polar surface area (TPSA) is 63.7 Å². The number of carbonyl (C=O) groups is 1. The van der Waals surface area contributed by atoms with Gasteiger partial charge in [-0.15, -0.1) is 11.3 Å². The first-order valence-electron chi connectivity index (χ1n) is 6.39. The van der Waals surface area contributed by atoms with Crippen molar-refractivity contribution in [2.75, 3.05) is 32.6 Å². The van der Waals surface area contributed by atoms with E-state index in [0.717, 1.165) is 6.26 Å². The van der Waals surface area contributed by atoms with Crippen LogP contribution in [0, 0.1) is 0 Å². The van der Waals surface area contributed by atoms with Crippen LogP contribution in [0.2, 0.25) is 0 Å². The van der Waals surface area contributed by atoms with Crippen LogP contribution in [0.25, 0.3) is 0 Å². The first-order chi connectivity index (χ1) is 9.23. The fourth-order valence-electron chi connectivity index (χ4n) is 2.20. The molecule has 0 aromatic carbocycles. The van der Waals surface area contributed by atoms with Crippen LogP contribution in [0.5, 0.6) is 0 Å². The molecule has 0 aliphatic carbocycles. The molecule has 1 fully saturated rings. The van der Waals surface area contributed by atoms with Gasteiger partial charge in [-0.25, -0.2) is 8.42 Å². The zero-order valence-corrected chi connectivity index (χ0v) is 13.5. The summed E-state index contributed by atoms with van der Waals surface area (Å²) >= 11 is 1.19.